The number of nitrogens with zero attached hydrogens (tertiary/aromatic N) is 2. The Morgan fingerprint density at radius 1 is 0.273 bits per heavy atom. The number of benzene rings is 13. The van der Waals surface area contributed by atoms with Crippen molar-refractivity contribution in [1.82, 2.24) is 0 Å². The molecule has 2 nitrogen and oxygen atoms in total. The van der Waals surface area contributed by atoms with Gasteiger partial charge in [0.15, 0.2) is 0 Å². The minimum Gasteiger partial charge on any atom is -0.310 e. The topological polar surface area (TPSA) is 6.48 Å². The fourth-order valence-electron chi connectivity index (χ4n) is 13.6. The van der Waals surface area contributed by atoms with Gasteiger partial charge in [-0.15, -0.1) is 0 Å². The van der Waals surface area contributed by atoms with Crippen LogP contribution >= 0.6 is 0 Å². The van der Waals surface area contributed by atoms with Gasteiger partial charge < -0.3 is 9.80 Å². The molecule has 4 heteroatoms. The van der Waals surface area contributed by atoms with Crippen molar-refractivity contribution in [3.05, 3.63) is 335 Å². The lowest BCUT2D eigenvalue weighted by atomic mass is 9.81. The molecule has 15 rings (SSSR count). The van der Waals surface area contributed by atoms with Gasteiger partial charge >= 0.3 is 0 Å². The summed E-state index contributed by atoms with van der Waals surface area (Å²) in [7, 11) is 0. The van der Waals surface area contributed by atoms with E-state index in [0.717, 1.165) is 77.9 Å². The average Bonchev–Trinajstić information content (AvgIpc) is 1.64. The van der Waals surface area contributed by atoms with Crippen molar-refractivity contribution in [3.63, 3.8) is 0 Å². The first-order valence-corrected chi connectivity index (χ1v) is 30.2. The monoisotopic (exact) mass is 1140 g/mol. The summed E-state index contributed by atoms with van der Waals surface area (Å²) in [5, 5.41) is 4.58. The molecular formula is C84H62F2N2. The molecule has 0 N–H and O–H groups in total. The summed E-state index contributed by atoms with van der Waals surface area (Å²) in [5.41, 5.74) is 24.9. The van der Waals surface area contributed by atoms with Crippen LogP contribution in [0.15, 0.2) is 279 Å². The molecule has 0 bridgehead atoms. The van der Waals surface area contributed by atoms with E-state index in [2.05, 4.69) is 292 Å². The third-order valence-electron chi connectivity index (χ3n) is 18.4. The summed E-state index contributed by atoms with van der Waals surface area (Å²) in [6, 6.07) is 96.9. The second kappa shape index (κ2) is 21.7. The summed E-state index contributed by atoms with van der Waals surface area (Å²) < 4.78 is 28.6. The van der Waals surface area contributed by atoms with Gasteiger partial charge in [-0.3, -0.25) is 0 Å². The van der Waals surface area contributed by atoms with Crippen molar-refractivity contribution in [1.29, 1.82) is 0 Å². The van der Waals surface area contributed by atoms with E-state index in [9.17, 15) is 8.78 Å². The van der Waals surface area contributed by atoms with Gasteiger partial charge in [0.2, 0.25) is 0 Å². The van der Waals surface area contributed by atoms with E-state index < -0.39 is 0 Å². The fraction of sp³-hybridized carbons (Fsp3) is 0.0714. The first-order chi connectivity index (χ1) is 42.9. The molecule has 0 heterocycles. The SMILES string of the molecule is CC1(C)c2cc(C=Cc3ccc(-c4ccc(-c5ccc(C=Cc6ccc7c(c6)C(C)(C)c6cc(N(c8ccc(F)cc8)c8cccc9ccccc89)ccc6-7)cc5)cc4)cc3)ccc2-c2ccc(N(c3ccc(F)cc3)c3cccc4ccccc34)cc21. The Hall–Kier alpha value is -10.7. The maximum Gasteiger partial charge on any atom is 0.123 e. The van der Waals surface area contributed by atoms with E-state index in [1.807, 2.05) is 24.3 Å². The Labute approximate surface area is 513 Å². The van der Waals surface area contributed by atoms with Gasteiger partial charge in [0.05, 0.1) is 11.4 Å². The van der Waals surface area contributed by atoms with Crippen LogP contribution in [-0.2, 0) is 10.8 Å². The van der Waals surface area contributed by atoms with E-state index in [-0.39, 0.29) is 22.5 Å². The molecule has 0 saturated carbocycles. The van der Waals surface area contributed by atoms with E-state index in [0.29, 0.717) is 0 Å². The van der Waals surface area contributed by atoms with Crippen LogP contribution in [0, 0.1) is 11.6 Å². The number of hydrogen-bond acceptors (Lipinski definition) is 2. The number of rotatable bonds is 12. The normalized spacial score (nSPS) is 13.4. The Balaban J connectivity index is 0.609. The van der Waals surface area contributed by atoms with Crippen molar-refractivity contribution in [2.24, 2.45) is 0 Å². The van der Waals surface area contributed by atoms with Crippen LogP contribution in [0.4, 0.5) is 42.9 Å². The second-order valence-corrected chi connectivity index (χ2v) is 24.4. The molecule has 0 radical (unpaired) electrons. The number of anilines is 6. The van der Waals surface area contributed by atoms with Crippen LogP contribution in [0.5, 0.6) is 0 Å². The number of halogens is 2. The minimum atomic E-state index is -0.255. The largest absolute Gasteiger partial charge is 0.310 e. The zero-order valence-corrected chi connectivity index (χ0v) is 49.5. The fourth-order valence-corrected chi connectivity index (χ4v) is 13.6. The highest BCUT2D eigenvalue weighted by Crippen LogP contribution is 2.53. The molecule has 2 aliphatic carbocycles. The van der Waals surface area contributed by atoms with Gasteiger partial charge in [0.25, 0.3) is 0 Å². The van der Waals surface area contributed by atoms with E-state index in [1.165, 1.54) is 91.0 Å². The molecule has 422 valence electrons. The maximum atomic E-state index is 14.3. The zero-order valence-electron chi connectivity index (χ0n) is 49.5. The van der Waals surface area contributed by atoms with Crippen molar-refractivity contribution < 1.29 is 8.78 Å². The van der Waals surface area contributed by atoms with Crippen LogP contribution in [0.2, 0.25) is 0 Å². The van der Waals surface area contributed by atoms with E-state index in [1.54, 1.807) is 0 Å². The lowest BCUT2D eigenvalue weighted by Crippen LogP contribution is -2.17. The Morgan fingerprint density at radius 3 is 0.955 bits per heavy atom. The van der Waals surface area contributed by atoms with Gasteiger partial charge in [-0.2, -0.15) is 0 Å². The summed E-state index contributed by atoms with van der Waals surface area (Å²) >= 11 is 0. The summed E-state index contributed by atoms with van der Waals surface area (Å²) in [6.07, 6.45) is 8.84. The van der Waals surface area contributed by atoms with Crippen LogP contribution < -0.4 is 9.80 Å². The molecule has 88 heavy (non-hydrogen) atoms. The second-order valence-electron chi connectivity index (χ2n) is 24.4. The predicted molar refractivity (Wildman–Crippen MR) is 367 cm³/mol. The summed E-state index contributed by atoms with van der Waals surface area (Å²) in [6.45, 7) is 9.29. The van der Waals surface area contributed by atoms with Gasteiger partial charge in [-0.25, -0.2) is 8.78 Å². The van der Waals surface area contributed by atoms with Gasteiger partial charge in [0.1, 0.15) is 11.6 Å². The molecule has 0 fully saturated rings. The van der Waals surface area contributed by atoms with Crippen LogP contribution in [0.25, 0.3) is 90.4 Å². The number of fused-ring (bicyclic) bond motifs is 8. The maximum absolute atomic E-state index is 14.3. The van der Waals surface area contributed by atoms with Crippen LogP contribution in [0.1, 0.15) is 72.2 Å². The van der Waals surface area contributed by atoms with Gasteiger partial charge in [-0.1, -0.05) is 246 Å². The van der Waals surface area contributed by atoms with E-state index >= 15 is 0 Å². The first-order valence-electron chi connectivity index (χ1n) is 30.2. The predicted octanol–water partition coefficient (Wildman–Crippen LogP) is 23.5. The lowest BCUT2D eigenvalue weighted by Gasteiger charge is -2.29. The molecule has 0 saturated heterocycles. The van der Waals surface area contributed by atoms with Crippen LogP contribution in [0.3, 0.4) is 0 Å². The Morgan fingerprint density at radius 2 is 0.568 bits per heavy atom. The van der Waals surface area contributed by atoms with Crippen molar-refractivity contribution in [3.8, 4) is 44.5 Å². The molecule has 0 aliphatic heterocycles. The highest BCUT2D eigenvalue weighted by molar-refractivity contribution is 6.01. The van der Waals surface area contributed by atoms with Gasteiger partial charge in [0, 0.05) is 44.4 Å². The molecule has 13 aromatic carbocycles. The number of hydrogen-bond donors (Lipinski definition) is 0. The lowest BCUT2D eigenvalue weighted by molar-refractivity contribution is 0.627. The molecule has 13 aromatic rings. The highest BCUT2D eigenvalue weighted by Gasteiger charge is 2.38. The molecule has 2 aliphatic rings. The van der Waals surface area contributed by atoms with Crippen molar-refractivity contribution >= 4 is 80.0 Å². The standard InChI is InChI=1S/C84H62F2N2/c1-83(2)77-51-57(27-47-73(77)75-49-45-69(53-79(75)83)87(67-41-37-65(85)38-42-67)81-17-9-13-63-11-5-7-15-71(63)81)21-19-55-23-29-59(30-24-55)61-33-35-62(36-34-61)60-31-25-56(26-32-60)20-22-58-28-48-74-76-50-46-70(54-80(76)84(3,4)78(74)52-58)88(68-43-39-66(86)40-44-68)82-18-10-14-64-12-6-8-16-72(64)82/h5-54H,1-4H3. The zero-order chi connectivity index (χ0) is 59.7. The van der Waals surface area contributed by atoms with Crippen LogP contribution in [-0.4, -0.2) is 0 Å². The summed E-state index contributed by atoms with van der Waals surface area (Å²) in [4.78, 5) is 4.50. The molecule has 0 spiro atoms. The summed E-state index contributed by atoms with van der Waals surface area (Å²) in [5.74, 6) is -0.510. The highest BCUT2D eigenvalue weighted by atomic mass is 19.1. The van der Waals surface area contributed by atoms with Crippen molar-refractivity contribution in [2.75, 3.05) is 9.80 Å². The molecule has 0 aromatic heterocycles. The van der Waals surface area contributed by atoms with Crippen molar-refractivity contribution in [2.45, 2.75) is 38.5 Å². The Kier molecular flexibility index (Phi) is 13.3. The third-order valence-corrected chi connectivity index (χ3v) is 18.4. The average molecular weight is 1140 g/mol. The first kappa shape index (κ1) is 54.0. The smallest absolute Gasteiger partial charge is 0.123 e. The molecular weight excluding hydrogens is 1070 g/mol. The molecule has 0 atom stereocenters. The minimum absolute atomic E-state index is 0.248. The van der Waals surface area contributed by atoms with Gasteiger partial charge in [-0.05, 0) is 185 Å². The quantitative estimate of drug-likeness (QED) is 0.113. The third kappa shape index (κ3) is 9.68. The Bertz CT molecular complexity index is 4570. The molecule has 0 amide bonds. The molecule has 0 unspecified atom stereocenters. The van der Waals surface area contributed by atoms with E-state index in [4.69, 9.17) is 0 Å².